The molecule has 0 aliphatic carbocycles. The molecule has 17 heavy (non-hydrogen) atoms. The van der Waals surface area contributed by atoms with Crippen molar-refractivity contribution in [2.24, 2.45) is 0 Å². The Morgan fingerprint density at radius 2 is 2.41 bits per heavy atom. The maximum absolute atomic E-state index is 5.27. The second-order valence-corrected chi connectivity index (χ2v) is 6.56. The molecule has 0 saturated heterocycles. The molecule has 2 rings (SSSR count). The average Bonchev–Trinajstić information content (AvgIpc) is 2.95. The maximum Gasteiger partial charge on any atom is 0.113 e. The molecule has 2 aromatic rings. The largest absolute Gasteiger partial charge is 0.468 e. The first-order chi connectivity index (χ1) is 8.34. The van der Waals surface area contributed by atoms with Gasteiger partial charge in [0.1, 0.15) is 5.76 Å². The quantitative estimate of drug-likeness (QED) is 0.772. The zero-order chi connectivity index (χ0) is 11.9. The Morgan fingerprint density at radius 1 is 1.47 bits per heavy atom. The number of thiophene rings is 1. The van der Waals surface area contributed by atoms with E-state index in [2.05, 4.69) is 32.7 Å². The third-order valence-corrected chi connectivity index (χ3v) is 4.85. The molecule has 2 aromatic heterocycles. The summed E-state index contributed by atoms with van der Waals surface area (Å²) in [6, 6.07) is 6.11. The van der Waals surface area contributed by atoms with Crippen LogP contribution in [-0.4, -0.2) is 12.3 Å². The second-order valence-electron chi connectivity index (χ2n) is 3.54. The Bertz CT molecular complexity index is 427. The highest BCUT2D eigenvalue weighted by Crippen LogP contribution is 2.19. The van der Waals surface area contributed by atoms with Gasteiger partial charge in [0.2, 0.25) is 0 Å². The molecule has 0 saturated carbocycles. The lowest BCUT2D eigenvalue weighted by atomic mass is 10.4. The first-order valence-electron chi connectivity index (χ1n) is 5.38. The van der Waals surface area contributed by atoms with Gasteiger partial charge in [-0.2, -0.15) is 11.8 Å². The van der Waals surface area contributed by atoms with Crippen LogP contribution in [0.25, 0.3) is 0 Å². The van der Waals surface area contributed by atoms with Crippen molar-refractivity contribution >= 4 is 39.0 Å². The molecule has 2 heterocycles. The minimum Gasteiger partial charge on any atom is -0.468 e. The van der Waals surface area contributed by atoms with E-state index < -0.39 is 0 Å². The van der Waals surface area contributed by atoms with Crippen LogP contribution < -0.4 is 5.32 Å². The van der Waals surface area contributed by atoms with Gasteiger partial charge in [-0.25, -0.2) is 0 Å². The van der Waals surface area contributed by atoms with E-state index >= 15 is 0 Å². The molecule has 0 fully saturated rings. The third-order valence-electron chi connectivity index (χ3n) is 2.17. The predicted octanol–water partition coefficient (Wildman–Crippen LogP) is 4.13. The first kappa shape index (κ1) is 13.2. The number of thioether (sulfide) groups is 1. The molecule has 1 N–H and O–H groups in total. The van der Waals surface area contributed by atoms with E-state index in [9.17, 15) is 0 Å². The summed E-state index contributed by atoms with van der Waals surface area (Å²) in [6.07, 6.45) is 1.72. The molecule has 0 unspecified atom stereocenters. The Labute approximate surface area is 118 Å². The smallest absolute Gasteiger partial charge is 0.113 e. The lowest BCUT2D eigenvalue weighted by molar-refractivity contribution is 0.530. The van der Waals surface area contributed by atoms with Crippen LogP contribution in [-0.2, 0) is 12.3 Å². The molecular formula is C12H14BrNOS2. The average molecular weight is 332 g/mol. The summed E-state index contributed by atoms with van der Waals surface area (Å²) in [5, 5.41) is 5.55. The first-order valence-corrected chi connectivity index (χ1v) is 8.21. The lowest BCUT2D eigenvalue weighted by Crippen LogP contribution is -2.15. The van der Waals surface area contributed by atoms with Crippen molar-refractivity contribution < 1.29 is 4.42 Å². The monoisotopic (exact) mass is 331 g/mol. The Balaban J connectivity index is 1.52. The number of furan rings is 1. The fourth-order valence-corrected chi connectivity index (χ4v) is 3.59. The number of hydrogen-bond donors (Lipinski definition) is 1. The predicted molar refractivity (Wildman–Crippen MR) is 78.6 cm³/mol. The topological polar surface area (TPSA) is 25.2 Å². The molecular weight excluding hydrogens is 318 g/mol. The number of hydrogen-bond acceptors (Lipinski definition) is 4. The van der Waals surface area contributed by atoms with Gasteiger partial charge >= 0.3 is 0 Å². The molecule has 0 aliphatic rings. The van der Waals surface area contributed by atoms with Crippen molar-refractivity contribution in [1.82, 2.24) is 5.32 Å². The van der Waals surface area contributed by atoms with Crippen LogP contribution in [0.5, 0.6) is 0 Å². The minimum absolute atomic E-state index is 0.956. The SMILES string of the molecule is Brc1csc(CNCCSCc2ccco2)c1. The van der Waals surface area contributed by atoms with Crippen molar-refractivity contribution in [2.75, 3.05) is 12.3 Å². The molecule has 0 spiro atoms. The van der Waals surface area contributed by atoms with E-state index in [1.54, 1.807) is 17.6 Å². The van der Waals surface area contributed by atoms with Gasteiger partial charge in [-0.3, -0.25) is 0 Å². The molecule has 0 aromatic carbocycles. The van der Waals surface area contributed by atoms with Gasteiger partial charge in [0.05, 0.1) is 12.0 Å². The fraction of sp³-hybridized carbons (Fsp3) is 0.333. The molecule has 0 amide bonds. The zero-order valence-electron chi connectivity index (χ0n) is 9.32. The minimum atomic E-state index is 0.956. The molecule has 0 atom stereocenters. The van der Waals surface area contributed by atoms with Gasteiger partial charge in [-0.1, -0.05) is 0 Å². The Kier molecular flexibility index (Phi) is 5.64. The molecule has 5 heteroatoms. The summed E-state index contributed by atoms with van der Waals surface area (Å²) in [5.41, 5.74) is 0. The van der Waals surface area contributed by atoms with E-state index in [0.29, 0.717) is 0 Å². The summed E-state index contributed by atoms with van der Waals surface area (Å²) in [6.45, 7) is 1.98. The van der Waals surface area contributed by atoms with E-state index in [0.717, 1.165) is 30.4 Å². The van der Waals surface area contributed by atoms with E-state index in [-0.39, 0.29) is 0 Å². The van der Waals surface area contributed by atoms with Crippen molar-refractivity contribution in [1.29, 1.82) is 0 Å². The van der Waals surface area contributed by atoms with E-state index in [4.69, 9.17) is 4.42 Å². The van der Waals surface area contributed by atoms with Crippen LogP contribution in [0.4, 0.5) is 0 Å². The Morgan fingerprint density at radius 3 is 3.12 bits per heavy atom. The zero-order valence-corrected chi connectivity index (χ0v) is 12.5. The highest BCUT2D eigenvalue weighted by atomic mass is 79.9. The summed E-state index contributed by atoms with van der Waals surface area (Å²) in [5.74, 6) is 3.11. The number of halogens is 1. The maximum atomic E-state index is 5.27. The van der Waals surface area contributed by atoms with Gasteiger partial charge < -0.3 is 9.73 Å². The fourth-order valence-electron chi connectivity index (χ4n) is 1.37. The summed E-state index contributed by atoms with van der Waals surface area (Å²) in [7, 11) is 0. The van der Waals surface area contributed by atoms with Gasteiger partial charge in [0, 0.05) is 33.6 Å². The van der Waals surface area contributed by atoms with Crippen molar-refractivity contribution in [3.63, 3.8) is 0 Å². The molecule has 0 bridgehead atoms. The van der Waals surface area contributed by atoms with Crippen molar-refractivity contribution in [2.45, 2.75) is 12.3 Å². The third kappa shape index (κ3) is 4.87. The van der Waals surface area contributed by atoms with Crippen LogP contribution >= 0.6 is 39.0 Å². The van der Waals surface area contributed by atoms with Gasteiger partial charge in [-0.15, -0.1) is 11.3 Å². The van der Waals surface area contributed by atoms with Crippen LogP contribution in [0.15, 0.2) is 38.7 Å². The second kappa shape index (κ2) is 7.26. The summed E-state index contributed by atoms with van der Waals surface area (Å²) in [4.78, 5) is 1.37. The molecule has 0 radical (unpaired) electrons. The van der Waals surface area contributed by atoms with E-state index in [1.165, 1.54) is 9.35 Å². The highest BCUT2D eigenvalue weighted by Gasteiger charge is 1.98. The Hall–Kier alpha value is -0.230. The standard InChI is InChI=1S/C12H14BrNOS2/c13-10-6-12(17-8-10)7-14-3-5-16-9-11-2-1-4-15-11/h1-2,4,6,8,14H,3,5,7,9H2. The molecule has 2 nitrogen and oxygen atoms in total. The van der Waals surface area contributed by atoms with E-state index in [1.807, 2.05) is 23.9 Å². The summed E-state index contributed by atoms with van der Waals surface area (Å²) < 4.78 is 6.44. The normalized spacial score (nSPS) is 10.9. The lowest BCUT2D eigenvalue weighted by Gasteiger charge is -2.02. The number of rotatable bonds is 7. The number of nitrogens with one attached hydrogen (secondary N) is 1. The van der Waals surface area contributed by atoms with Gasteiger partial charge in [0.25, 0.3) is 0 Å². The summed E-state index contributed by atoms with van der Waals surface area (Å²) >= 11 is 7.13. The van der Waals surface area contributed by atoms with Crippen molar-refractivity contribution in [3.05, 3.63) is 45.0 Å². The van der Waals surface area contributed by atoms with Crippen LogP contribution in [0.1, 0.15) is 10.6 Å². The highest BCUT2D eigenvalue weighted by molar-refractivity contribution is 9.10. The van der Waals surface area contributed by atoms with Gasteiger partial charge in [-0.05, 0) is 34.1 Å². The molecule has 0 aliphatic heterocycles. The van der Waals surface area contributed by atoms with Crippen molar-refractivity contribution in [3.8, 4) is 0 Å². The van der Waals surface area contributed by atoms with Crippen LogP contribution in [0, 0.1) is 0 Å². The van der Waals surface area contributed by atoms with Gasteiger partial charge in [0.15, 0.2) is 0 Å². The van der Waals surface area contributed by atoms with Crippen LogP contribution in [0.3, 0.4) is 0 Å². The van der Waals surface area contributed by atoms with Crippen LogP contribution in [0.2, 0.25) is 0 Å². The molecule has 92 valence electrons.